The molecule has 1 aromatic carbocycles. The summed E-state index contributed by atoms with van der Waals surface area (Å²) < 4.78 is -0.735. The third-order valence-corrected chi connectivity index (χ3v) is 6.52. The average molecular weight is 464 g/mol. The number of aliphatic carboxylic acids is 1. The number of carbonyl (C=O) groups is 4. The molecule has 0 saturated carbocycles. The summed E-state index contributed by atoms with van der Waals surface area (Å²) in [6, 6.07) is 4.54. The van der Waals surface area contributed by atoms with Crippen molar-refractivity contribution in [1.29, 1.82) is 0 Å². The standard InChI is InChI=1S/C18H16N4O6S.2Na.2H/c1-18(2)12(17(27)28)22-14(24)11(15(22)29-18)21-13(23)9-10(16(25)26)20-8-6-4-3-5-7(8)19-9;;;;/h3-6,11-12,15H,1-2H3,(H,21,23)(H,25,26)(H,27,28);;;;/t11-,12+,15-;;;;/m1..../s1. The van der Waals surface area contributed by atoms with Gasteiger partial charge in [0.15, 0.2) is 11.4 Å². The Balaban J connectivity index is 0.00000171. The summed E-state index contributed by atoms with van der Waals surface area (Å²) in [5.41, 5.74) is -0.261. The van der Waals surface area contributed by atoms with E-state index in [1.165, 1.54) is 16.7 Å². The monoisotopic (exact) mass is 464 g/mol. The van der Waals surface area contributed by atoms with Crippen LogP contribution >= 0.6 is 11.8 Å². The molecule has 2 aromatic rings. The first-order valence-electron chi connectivity index (χ1n) is 8.65. The first-order valence-corrected chi connectivity index (χ1v) is 9.53. The van der Waals surface area contributed by atoms with Crippen LogP contribution in [0.4, 0.5) is 0 Å². The molecule has 2 saturated heterocycles. The molecule has 4 rings (SSSR count). The van der Waals surface area contributed by atoms with Gasteiger partial charge in [-0.15, -0.1) is 11.8 Å². The van der Waals surface area contributed by atoms with Crippen LogP contribution < -0.4 is 5.32 Å². The first-order chi connectivity index (χ1) is 13.6. The number of nitrogens with zero attached hydrogens (tertiary/aromatic N) is 3. The second-order valence-corrected chi connectivity index (χ2v) is 9.03. The first kappa shape index (κ1) is 26.0. The van der Waals surface area contributed by atoms with Gasteiger partial charge in [0.05, 0.1) is 11.0 Å². The Labute approximate surface area is 225 Å². The number of carbonyl (C=O) groups excluding carboxylic acids is 2. The summed E-state index contributed by atoms with van der Waals surface area (Å²) in [7, 11) is 0. The van der Waals surface area contributed by atoms with E-state index in [2.05, 4.69) is 15.3 Å². The molecule has 2 amide bonds. The second kappa shape index (κ2) is 9.34. The molecule has 10 nitrogen and oxygen atoms in total. The van der Waals surface area contributed by atoms with E-state index >= 15 is 0 Å². The number of rotatable bonds is 4. The molecule has 0 aliphatic carbocycles. The molecule has 154 valence electrons. The van der Waals surface area contributed by atoms with Crippen LogP contribution in [0.3, 0.4) is 0 Å². The molecule has 0 spiro atoms. The van der Waals surface area contributed by atoms with Gasteiger partial charge in [-0.3, -0.25) is 9.59 Å². The van der Waals surface area contributed by atoms with E-state index in [0.717, 1.165) is 0 Å². The number of carboxylic acid groups (broad SMARTS) is 2. The molecule has 2 aliphatic heterocycles. The molecule has 0 bridgehead atoms. The fraction of sp³-hybridized carbons (Fsp3) is 0.333. The summed E-state index contributed by atoms with van der Waals surface area (Å²) in [6.45, 7) is 3.44. The average Bonchev–Trinajstić information content (AvgIpc) is 2.92. The number of hydrogen-bond acceptors (Lipinski definition) is 7. The van der Waals surface area contributed by atoms with Crippen molar-refractivity contribution in [1.82, 2.24) is 20.2 Å². The van der Waals surface area contributed by atoms with Crippen LogP contribution in [0.25, 0.3) is 11.0 Å². The minimum absolute atomic E-state index is 0. The molecule has 2 fully saturated rings. The number of thioether (sulfide) groups is 1. The summed E-state index contributed by atoms with van der Waals surface area (Å²) in [5, 5.41) is 20.8. The van der Waals surface area contributed by atoms with Gasteiger partial charge in [0.25, 0.3) is 5.91 Å². The maximum absolute atomic E-state index is 12.8. The van der Waals surface area contributed by atoms with Crippen molar-refractivity contribution in [3.05, 3.63) is 35.7 Å². The Morgan fingerprint density at radius 3 is 2.13 bits per heavy atom. The summed E-state index contributed by atoms with van der Waals surface area (Å²) >= 11 is 1.27. The zero-order valence-electron chi connectivity index (χ0n) is 15.3. The van der Waals surface area contributed by atoms with E-state index in [1.807, 2.05) is 0 Å². The van der Waals surface area contributed by atoms with Crippen LogP contribution in [0.1, 0.15) is 34.8 Å². The van der Waals surface area contributed by atoms with Crippen molar-refractivity contribution in [3.63, 3.8) is 0 Å². The van der Waals surface area contributed by atoms with Gasteiger partial charge in [0, 0.05) is 4.75 Å². The number of nitrogens with one attached hydrogen (secondary N) is 1. The van der Waals surface area contributed by atoms with Gasteiger partial charge in [-0.1, -0.05) is 12.1 Å². The van der Waals surface area contributed by atoms with Crippen molar-refractivity contribution >= 4 is 106 Å². The molecular formula is C18H18N4Na2O6S. The van der Waals surface area contributed by atoms with Gasteiger partial charge in [-0.2, -0.15) is 0 Å². The number of fused-ring (bicyclic) bond motifs is 2. The van der Waals surface area contributed by atoms with Gasteiger partial charge < -0.3 is 20.4 Å². The van der Waals surface area contributed by atoms with Crippen molar-refractivity contribution < 1.29 is 29.4 Å². The summed E-state index contributed by atoms with van der Waals surface area (Å²) in [6.07, 6.45) is 0. The van der Waals surface area contributed by atoms with Crippen LogP contribution in [0.2, 0.25) is 0 Å². The van der Waals surface area contributed by atoms with Crippen LogP contribution in [-0.4, -0.2) is 130 Å². The van der Waals surface area contributed by atoms with E-state index in [4.69, 9.17) is 0 Å². The summed E-state index contributed by atoms with van der Waals surface area (Å²) in [5.74, 6) is -3.91. The quantitative estimate of drug-likeness (QED) is 0.393. The van der Waals surface area contributed by atoms with Crippen molar-refractivity contribution in [3.8, 4) is 0 Å². The Morgan fingerprint density at radius 1 is 1.06 bits per heavy atom. The number of carboxylic acids is 2. The van der Waals surface area contributed by atoms with E-state index < -0.39 is 57.3 Å². The molecular weight excluding hydrogens is 446 g/mol. The van der Waals surface area contributed by atoms with Gasteiger partial charge >= 0.3 is 71.1 Å². The fourth-order valence-corrected chi connectivity index (χ4v) is 5.29. The SMILES string of the molecule is CC1(C)S[C@@H]2[C@H](NC(=O)c3nc4ccccc4nc3C(=O)O)C(=O)N2[C@H]1C(=O)O.[NaH].[NaH]. The predicted octanol–water partition coefficient (Wildman–Crippen LogP) is -0.724. The third-order valence-electron chi connectivity index (χ3n) is 4.95. The van der Waals surface area contributed by atoms with Crippen LogP contribution in [0, 0.1) is 0 Å². The normalized spacial score (nSPS) is 23.1. The van der Waals surface area contributed by atoms with E-state index in [0.29, 0.717) is 11.0 Å². The predicted molar refractivity (Wildman–Crippen MR) is 116 cm³/mol. The van der Waals surface area contributed by atoms with E-state index in [-0.39, 0.29) is 59.1 Å². The topological polar surface area (TPSA) is 150 Å². The number of β-lactam (4-membered cyclic amide) rings is 1. The number of aromatic carboxylic acids is 1. The summed E-state index contributed by atoms with van der Waals surface area (Å²) in [4.78, 5) is 57.7. The number of aromatic nitrogens is 2. The maximum atomic E-state index is 12.8. The van der Waals surface area contributed by atoms with Crippen molar-refractivity contribution in [2.45, 2.75) is 36.1 Å². The minimum atomic E-state index is -1.42. The van der Waals surface area contributed by atoms with Crippen molar-refractivity contribution in [2.24, 2.45) is 0 Å². The number of hydrogen-bond donors (Lipinski definition) is 3. The van der Waals surface area contributed by atoms with Crippen LogP contribution in [0.15, 0.2) is 24.3 Å². The molecule has 0 unspecified atom stereocenters. The molecule has 3 atom stereocenters. The molecule has 0 radical (unpaired) electrons. The fourth-order valence-electron chi connectivity index (χ4n) is 3.66. The zero-order chi connectivity index (χ0) is 21.1. The number of amides is 2. The number of para-hydroxylation sites is 2. The molecule has 13 heteroatoms. The Bertz CT molecular complexity index is 1100. The molecule has 31 heavy (non-hydrogen) atoms. The molecule has 3 N–H and O–H groups in total. The van der Waals surface area contributed by atoms with Gasteiger partial charge in [0.2, 0.25) is 5.91 Å². The zero-order valence-corrected chi connectivity index (χ0v) is 16.1. The second-order valence-electron chi connectivity index (χ2n) is 7.26. The Morgan fingerprint density at radius 2 is 1.61 bits per heavy atom. The molecule has 1 aromatic heterocycles. The molecule has 2 aliphatic rings. The van der Waals surface area contributed by atoms with Crippen LogP contribution in [0.5, 0.6) is 0 Å². The van der Waals surface area contributed by atoms with Gasteiger partial charge in [0.1, 0.15) is 17.5 Å². The number of benzene rings is 1. The van der Waals surface area contributed by atoms with Crippen LogP contribution in [-0.2, 0) is 9.59 Å². The Kier molecular flexibility index (Phi) is 7.85. The van der Waals surface area contributed by atoms with Gasteiger partial charge in [-0.05, 0) is 26.0 Å². The molecule has 3 heterocycles. The van der Waals surface area contributed by atoms with E-state index in [1.54, 1.807) is 38.1 Å². The Hall–Kier alpha value is -1.21. The van der Waals surface area contributed by atoms with E-state index in [9.17, 15) is 29.4 Å². The van der Waals surface area contributed by atoms with Crippen molar-refractivity contribution in [2.75, 3.05) is 0 Å². The van der Waals surface area contributed by atoms with Gasteiger partial charge in [-0.25, -0.2) is 19.6 Å². The third kappa shape index (κ3) is 4.37.